The van der Waals surface area contributed by atoms with Crippen molar-refractivity contribution in [3.05, 3.63) is 54.2 Å². The van der Waals surface area contributed by atoms with Crippen molar-refractivity contribution in [2.24, 2.45) is 0 Å². The van der Waals surface area contributed by atoms with Crippen LogP contribution < -0.4 is 10.2 Å². The highest BCUT2D eigenvalue weighted by atomic mass is 19.1. The van der Waals surface area contributed by atoms with Crippen LogP contribution in [0.4, 0.5) is 10.1 Å². The minimum Gasteiger partial charge on any atom is -0.468 e. The van der Waals surface area contributed by atoms with Gasteiger partial charge in [0.2, 0.25) is 5.91 Å². The van der Waals surface area contributed by atoms with E-state index in [9.17, 15) is 9.18 Å². The van der Waals surface area contributed by atoms with Gasteiger partial charge in [-0.2, -0.15) is 0 Å². The fourth-order valence-corrected chi connectivity index (χ4v) is 2.86. The van der Waals surface area contributed by atoms with Gasteiger partial charge in [-0.3, -0.25) is 10.1 Å². The summed E-state index contributed by atoms with van der Waals surface area (Å²) in [5.41, 5.74) is 0.993. The molecule has 0 saturated carbocycles. The number of carbonyl (C=O) groups excluding carboxylic acids is 1. The van der Waals surface area contributed by atoms with Gasteiger partial charge in [-0.15, -0.1) is 0 Å². The summed E-state index contributed by atoms with van der Waals surface area (Å²) >= 11 is 0. The van der Waals surface area contributed by atoms with Crippen LogP contribution in [-0.4, -0.2) is 43.0 Å². The number of anilines is 1. The summed E-state index contributed by atoms with van der Waals surface area (Å²) in [6.45, 7) is 5.25. The number of nitrogens with zero attached hydrogens (tertiary/aromatic N) is 2. The minimum absolute atomic E-state index is 0.0975. The van der Waals surface area contributed by atoms with Crippen molar-refractivity contribution in [1.82, 2.24) is 10.2 Å². The van der Waals surface area contributed by atoms with Gasteiger partial charge in [0.05, 0.1) is 18.8 Å². The molecular formula is C18H22FN3O2. The lowest BCUT2D eigenvalue weighted by atomic mass is 10.2. The van der Waals surface area contributed by atoms with E-state index < -0.39 is 0 Å². The minimum atomic E-state index is -0.257. The molecule has 1 atom stereocenters. The number of hydrogen-bond donors (Lipinski definition) is 1. The summed E-state index contributed by atoms with van der Waals surface area (Å²) in [7, 11) is 0. The summed E-state index contributed by atoms with van der Waals surface area (Å²) in [6.07, 6.45) is 1.62. The van der Waals surface area contributed by atoms with E-state index in [2.05, 4.69) is 10.2 Å². The van der Waals surface area contributed by atoms with Crippen LogP contribution in [0.25, 0.3) is 0 Å². The average molecular weight is 331 g/mol. The maximum Gasteiger partial charge on any atom is 0.239 e. The summed E-state index contributed by atoms with van der Waals surface area (Å²) in [5, 5.41) is 3.19. The SMILES string of the molecule is CC(NCc1ccco1)C(=O)N1CCN(c2ccc(F)cc2)CC1. The molecule has 128 valence electrons. The lowest BCUT2D eigenvalue weighted by Gasteiger charge is -2.37. The molecular weight excluding hydrogens is 309 g/mol. The third-order valence-electron chi connectivity index (χ3n) is 4.32. The number of rotatable bonds is 5. The molecule has 3 rings (SSSR count). The second-order valence-corrected chi connectivity index (χ2v) is 5.97. The van der Waals surface area contributed by atoms with Crippen molar-refractivity contribution in [3.63, 3.8) is 0 Å². The predicted octanol–water partition coefficient (Wildman–Crippen LogP) is 2.25. The second-order valence-electron chi connectivity index (χ2n) is 5.97. The van der Waals surface area contributed by atoms with Gasteiger partial charge >= 0.3 is 0 Å². The average Bonchev–Trinajstić information content (AvgIpc) is 3.13. The number of amides is 1. The Balaban J connectivity index is 1.48. The van der Waals surface area contributed by atoms with E-state index in [1.807, 2.05) is 24.0 Å². The number of hydrogen-bond acceptors (Lipinski definition) is 4. The predicted molar refractivity (Wildman–Crippen MR) is 90.2 cm³/mol. The Labute approximate surface area is 141 Å². The van der Waals surface area contributed by atoms with Gasteiger partial charge in [0.25, 0.3) is 0 Å². The highest BCUT2D eigenvalue weighted by Gasteiger charge is 2.24. The number of carbonyl (C=O) groups is 1. The molecule has 1 unspecified atom stereocenters. The maximum atomic E-state index is 13.0. The second kappa shape index (κ2) is 7.49. The van der Waals surface area contributed by atoms with Crippen LogP contribution in [0, 0.1) is 5.82 Å². The van der Waals surface area contributed by atoms with Gasteiger partial charge in [0.1, 0.15) is 11.6 Å². The zero-order valence-corrected chi connectivity index (χ0v) is 13.7. The van der Waals surface area contributed by atoms with E-state index in [4.69, 9.17) is 4.42 Å². The molecule has 1 amide bonds. The molecule has 1 aliphatic rings. The Hall–Kier alpha value is -2.34. The lowest BCUT2D eigenvalue weighted by Crippen LogP contribution is -2.53. The molecule has 24 heavy (non-hydrogen) atoms. The van der Waals surface area contributed by atoms with E-state index in [0.717, 1.165) is 24.5 Å². The number of furan rings is 1. The zero-order valence-electron chi connectivity index (χ0n) is 13.7. The van der Waals surface area contributed by atoms with E-state index in [-0.39, 0.29) is 17.8 Å². The van der Waals surface area contributed by atoms with Crippen LogP contribution in [0.2, 0.25) is 0 Å². The molecule has 6 heteroatoms. The molecule has 0 aliphatic carbocycles. The standard InChI is InChI=1S/C18H22FN3O2/c1-14(20-13-17-3-2-12-24-17)18(23)22-10-8-21(9-11-22)16-6-4-15(19)5-7-16/h2-7,12,14,20H,8-11,13H2,1H3. The zero-order chi connectivity index (χ0) is 16.9. The first-order valence-electron chi connectivity index (χ1n) is 8.18. The molecule has 0 spiro atoms. The van der Waals surface area contributed by atoms with Gasteiger partial charge in [0, 0.05) is 31.9 Å². The Kier molecular flexibility index (Phi) is 5.15. The van der Waals surface area contributed by atoms with Crippen molar-refractivity contribution in [2.75, 3.05) is 31.1 Å². The molecule has 1 fully saturated rings. The number of piperazine rings is 1. The van der Waals surface area contributed by atoms with Crippen molar-refractivity contribution in [1.29, 1.82) is 0 Å². The molecule has 1 N–H and O–H groups in total. The van der Waals surface area contributed by atoms with E-state index in [1.165, 1.54) is 12.1 Å². The van der Waals surface area contributed by atoms with Crippen LogP contribution in [0.3, 0.4) is 0 Å². The molecule has 2 heterocycles. The van der Waals surface area contributed by atoms with Gasteiger partial charge in [-0.05, 0) is 43.3 Å². The van der Waals surface area contributed by atoms with Crippen molar-refractivity contribution >= 4 is 11.6 Å². The highest BCUT2D eigenvalue weighted by Crippen LogP contribution is 2.17. The van der Waals surface area contributed by atoms with Gasteiger partial charge in [0.15, 0.2) is 0 Å². The lowest BCUT2D eigenvalue weighted by molar-refractivity contribution is -0.133. The monoisotopic (exact) mass is 331 g/mol. The molecule has 5 nitrogen and oxygen atoms in total. The van der Waals surface area contributed by atoms with Crippen LogP contribution in [0.1, 0.15) is 12.7 Å². The van der Waals surface area contributed by atoms with Crippen LogP contribution in [-0.2, 0) is 11.3 Å². The summed E-state index contributed by atoms with van der Waals surface area (Å²) < 4.78 is 18.3. The summed E-state index contributed by atoms with van der Waals surface area (Å²) in [5.74, 6) is 0.681. The first kappa shape index (κ1) is 16.5. The third kappa shape index (κ3) is 3.94. The van der Waals surface area contributed by atoms with E-state index >= 15 is 0 Å². The highest BCUT2D eigenvalue weighted by molar-refractivity contribution is 5.81. The Morgan fingerprint density at radius 1 is 1.21 bits per heavy atom. The topological polar surface area (TPSA) is 48.7 Å². The number of halogens is 1. The first-order valence-corrected chi connectivity index (χ1v) is 8.18. The molecule has 1 aromatic heterocycles. The molecule has 0 bridgehead atoms. The molecule has 0 radical (unpaired) electrons. The van der Waals surface area contributed by atoms with Crippen LogP contribution in [0.15, 0.2) is 47.1 Å². The first-order chi connectivity index (χ1) is 11.6. The fourth-order valence-electron chi connectivity index (χ4n) is 2.86. The van der Waals surface area contributed by atoms with E-state index in [1.54, 1.807) is 18.4 Å². The molecule has 2 aromatic rings. The maximum absolute atomic E-state index is 13.0. The molecule has 1 aromatic carbocycles. The largest absolute Gasteiger partial charge is 0.468 e. The van der Waals surface area contributed by atoms with Crippen molar-refractivity contribution in [3.8, 4) is 0 Å². The van der Waals surface area contributed by atoms with Gasteiger partial charge < -0.3 is 14.2 Å². The summed E-state index contributed by atoms with van der Waals surface area (Å²) in [6, 6.07) is 9.94. The van der Waals surface area contributed by atoms with Gasteiger partial charge in [-0.1, -0.05) is 0 Å². The van der Waals surface area contributed by atoms with Crippen molar-refractivity contribution in [2.45, 2.75) is 19.5 Å². The van der Waals surface area contributed by atoms with Gasteiger partial charge in [-0.25, -0.2) is 4.39 Å². The Bertz CT molecular complexity index is 649. The van der Waals surface area contributed by atoms with Crippen LogP contribution in [0.5, 0.6) is 0 Å². The van der Waals surface area contributed by atoms with E-state index in [0.29, 0.717) is 19.6 Å². The molecule has 1 saturated heterocycles. The van der Waals surface area contributed by atoms with Crippen LogP contribution >= 0.6 is 0 Å². The third-order valence-corrected chi connectivity index (χ3v) is 4.32. The fraction of sp³-hybridized carbons (Fsp3) is 0.389. The quantitative estimate of drug-likeness (QED) is 0.913. The Morgan fingerprint density at radius 2 is 1.92 bits per heavy atom. The number of nitrogens with one attached hydrogen (secondary N) is 1. The van der Waals surface area contributed by atoms with Crippen molar-refractivity contribution < 1.29 is 13.6 Å². The smallest absolute Gasteiger partial charge is 0.239 e. The normalized spacial score (nSPS) is 16.2. The molecule has 1 aliphatic heterocycles. The number of benzene rings is 1. The summed E-state index contributed by atoms with van der Waals surface area (Å²) in [4.78, 5) is 16.6. The Morgan fingerprint density at radius 3 is 2.54 bits per heavy atom.